The van der Waals surface area contributed by atoms with Gasteiger partial charge in [0.2, 0.25) is 0 Å². The summed E-state index contributed by atoms with van der Waals surface area (Å²) in [5, 5.41) is 2.84. The van der Waals surface area contributed by atoms with Gasteiger partial charge in [-0.3, -0.25) is 4.79 Å². The molecule has 0 saturated heterocycles. The van der Waals surface area contributed by atoms with E-state index in [0.717, 1.165) is 12.8 Å². The van der Waals surface area contributed by atoms with Gasteiger partial charge < -0.3 is 19.5 Å². The molecule has 0 heterocycles. The van der Waals surface area contributed by atoms with E-state index >= 15 is 0 Å². The van der Waals surface area contributed by atoms with Gasteiger partial charge in [-0.25, -0.2) is 4.79 Å². The first kappa shape index (κ1) is 21.0. The Morgan fingerprint density at radius 1 is 1.16 bits per heavy atom. The SMILES string of the molecule is CCCO[C@](C)(CCC)C(=O)Nc1ccc(OCC)c(C(=O)OC)c1. The van der Waals surface area contributed by atoms with Crippen LogP contribution in [0.5, 0.6) is 5.75 Å². The first-order valence-electron chi connectivity index (χ1n) is 8.72. The molecule has 25 heavy (non-hydrogen) atoms. The molecule has 1 rings (SSSR count). The van der Waals surface area contributed by atoms with Crippen molar-refractivity contribution in [3.8, 4) is 5.75 Å². The van der Waals surface area contributed by atoms with Crippen molar-refractivity contribution in [2.75, 3.05) is 25.6 Å². The van der Waals surface area contributed by atoms with Crippen molar-refractivity contribution >= 4 is 17.6 Å². The number of rotatable bonds is 10. The van der Waals surface area contributed by atoms with Gasteiger partial charge in [0.15, 0.2) is 0 Å². The molecule has 6 heteroatoms. The summed E-state index contributed by atoms with van der Waals surface area (Å²) in [6.07, 6.45) is 2.27. The van der Waals surface area contributed by atoms with E-state index in [1.165, 1.54) is 7.11 Å². The van der Waals surface area contributed by atoms with Crippen LogP contribution in [0.1, 0.15) is 57.3 Å². The number of anilines is 1. The van der Waals surface area contributed by atoms with Crippen molar-refractivity contribution in [1.82, 2.24) is 0 Å². The Labute approximate surface area is 149 Å². The lowest BCUT2D eigenvalue weighted by Crippen LogP contribution is -2.43. The van der Waals surface area contributed by atoms with E-state index in [1.807, 2.05) is 20.8 Å². The molecule has 1 N–H and O–H groups in total. The van der Waals surface area contributed by atoms with Gasteiger partial charge in [-0.05, 0) is 44.9 Å². The van der Waals surface area contributed by atoms with E-state index in [2.05, 4.69) is 5.32 Å². The molecule has 0 bridgehead atoms. The largest absolute Gasteiger partial charge is 0.493 e. The zero-order valence-electron chi connectivity index (χ0n) is 15.8. The molecule has 0 aromatic heterocycles. The molecule has 0 saturated carbocycles. The zero-order valence-corrected chi connectivity index (χ0v) is 15.8. The zero-order chi connectivity index (χ0) is 18.9. The van der Waals surface area contributed by atoms with Crippen LogP contribution in [0.4, 0.5) is 5.69 Å². The summed E-state index contributed by atoms with van der Waals surface area (Å²) in [7, 11) is 1.31. The van der Waals surface area contributed by atoms with E-state index in [0.29, 0.717) is 31.1 Å². The van der Waals surface area contributed by atoms with Gasteiger partial charge in [-0.1, -0.05) is 20.3 Å². The first-order chi connectivity index (χ1) is 11.9. The fourth-order valence-electron chi connectivity index (χ4n) is 2.48. The number of hydrogen-bond acceptors (Lipinski definition) is 5. The van der Waals surface area contributed by atoms with Gasteiger partial charge in [-0.15, -0.1) is 0 Å². The number of carbonyl (C=O) groups is 2. The van der Waals surface area contributed by atoms with Gasteiger partial charge in [0.05, 0.1) is 13.7 Å². The highest BCUT2D eigenvalue weighted by Gasteiger charge is 2.33. The van der Waals surface area contributed by atoms with Crippen LogP contribution < -0.4 is 10.1 Å². The van der Waals surface area contributed by atoms with Crippen LogP contribution in [-0.4, -0.2) is 37.8 Å². The highest BCUT2D eigenvalue weighted by atomic mass is 16.5. The third kappa shape index (κ3) is 5.74. The summed E-state index contributed by atoms with van der Waals surface area (Å²) in [5.74, 6) is -0.327. The molecule has 1 aromatic rings. The molecule has 6 nitrogen and oxygen atoms in total. The fourth-order valence-corrected chi connectivity index (χ4v) is 2.48. The summed E-state index contributed by atoms with van der Waals surface area (Å²) in [5.41, 5.74) is -0.139. The van der Waals surface area contributed by atoms with E-state index in [-0.39, 0.29) is 11.5 Å². The normalized spacial score (nSPS) is 13.0. The topological polar surface area (TPSA) is 73.9 Å². The molecule has 0 aliphatic rings. The molecule has 1 amide bonds. The molecular formula is C19H29NO5. The number of methoxy groups -OCH3 is 1. The molecular weight excluding hydrogens is 322 g/mol. The number of ether oxygens (including phenoxy) is 3. The van der Waals surface area contributed by atoms with Crippen molar-refractivity contribution < 1.29 is 23.8 Å². The van der Waals surface area contributed by atoms with E-state index < -0.39 is 11.6 Å². The Morgan fingerprint density at radius 2 is 1.88 bits per heavy atom. The minimum atomic E-state index is -0.908. The Balaban J connectivity index is 3.03. The maximum absolute atomic E-state index is 12.7. The van der Waals surface area contributed by atoms with Crippen LogP contribution in [0, 0.1) is 0 Å². The van der Waals surface area contributed by atoms with Crippen LogP contribution in [0.3, 0.4) is 0 Å². The maximum atomic E-state index is 12.7. The third-order valence-corrected chi connectivity index (χ3v) is 3.77. The lowest BCUT2D eigenvalue weighted by Gasteiger charge is -2.28. The molecule has 0 unspecified atom stereocenters. The molecule has 0 fully saturated rings. The standard InChI is InChI=1S/C19H29NO5/c1-6-11-19(4,25-12-7-2)18(22)20-14-9-10-16(24-8-3)15(13-14)17(21)23-5/h9-10,13H,6-8,11-12H2,1-5H3,(H,20,22)/t19-/m1/s1. The molecule has 0 aliphatic heterocycles. The Kier molecular flexibility index (Phi) is 8.41. The average Bonchev–Trinajstić information content (AvgIpc) is 2.61. The van der Waals surface area contributed by atoms with Gasteiger partial charge in [0, 0.05) is 12.3 Å². The van der Waals surface area contributed by atoms with Crippen LogP contribution in [0.2, 0.25) is 0 Å². The molecule has 140 valence electrons. The van der Waals surface area contributed by atoms with Crippen LogP contribution in [-0.2, 0) is 14.3 Å². The van der Waals surface area contributed by atoms with E-state index in [1.54, 1.807) is 25.1 Å². The van der Waals surface area contributed by atoms with Gasteiger partial charge >= 0.3 is 5.97 Å². The lowest BCUT2D eigenvalue weighted by molar-refractivity contribution is -0.140. The molecule has 0 aliphatic carbocycles. The van der Waals surface area contributed by atoms with Crippen LogP contribution in [0.15, 0.2) is 18.2 Å². The molecule has 0 spiro atoms. The van der Waals surface area contributed by atoms with Crippen molar-refractivity contribution in [1.29, 1.82) is 0 Å². The van der Waals surface area contributed by atoms with Gasteiger partial charge in [0.1, 0.15) is 16.9 Å². The average molecular weight is 351 g/mol. The fraction of sp³-hybridized carbons (Fsp3) is 0.579. The summed E-state index contributed by atoms with van der Waals surface area (Å²) in [6.45, 7) is 8.57. The van der Waals surface area contributed by atoms with Gasteiger partial charge in [-0.2, -0.15) is 0 Å². The second-order valence-electron chi connectivity index (χ2n) is 5.92. The molecule has 0 radical (unpaired) electrons. The predicted molar refractivity (Wildman–Crippen MR) is 97.1 cm³/mol. The predicted octanol–water partition coefficient (Wildman–Crippen LogP) is 3.80. The number of nitrogens with one attached hydrogen (secondary N) is 1. The van der Waals surface area contributed by atoms with Crippen LogP contribution in [0.25, 0.3) is 0 Å². The monoisotopic (exact) mass is 351 g/mol. The van der Waals surface area contributed by atoms with Gasteiger partial charge in [0.25, 0.3) is 5.91 Å². The summed E-state index contributed by atoms with van der Waals surface area (Å²) >= 11 is 0. The first-order valence-corrected chi connectivity index (χ1v) is 8.72. The number of esters is 1. The number of carbonyl (C=O) groups excluding carboxylic acids is 2. The van der Waals surface area contributed by atoms with Crippen molar-refractivity contribution in [3.63, 3.8) is 0 Å². The highest BCUT2D eigenvalue weighted by Crippen LogP contribution is 2.26. The third-order valence-electron chi connectivity index (χ3n) is 3.77. The second-order valence-corrected chi connectivity index (χ2v) is 5.92. The maximum Gasteiger partial charge on any atom is 0.341 e. The minimum absolute atomic E-state index is 0.234. The second kappa shape index (κ2) is 10.0. The Bertz CT molecular complexity index is 587. The number of amides is 1. The Hall–Kier alpha value is -2.08. The lowest BCUT2D eigenvalue weighted by atomic mass is 9.98. The van der Waals surface area contributed by atoms with E-state index in [9.17, 15) is 9.59 Å². The van der Waals surface area contributed by atoms with Crippen molar-refractivity contribution in [2.24, 2.45) is 0 Å². The quantitative estimate of drug-likeness (QED) is 0.649. The molecule has 1 aromatic carbocycles. The summed E-state index contributed by atoms with van der Waals surface area (Å²) < 4.78 is 16.0. The minimum Gasteiger partial charge on any atom is -0.493 e. The van der Waals surface area contributed by atoms with Crippen LogP contribution >= 0.6 is 0 Å². The number of benzene rings is 1. The number of hydrogen-bond donors (Lipinski definition) is 1. The smallest absolute Gasteiger partial charge is 0.341 e. The summed E-state index contributed by atoms with van der Waals surface area (Å²) in [4.78, 5) is 24.7. The highest BCUT2D eigenvalue weighted by molar-refractivity contribution is 5.99. The Morgan fingerprint density at radius 3 is 2.44 bits per heavy atom. The van der Waals surface area contributed by atoms with Crippen molar-refractivity contribution in [2.45, 2.75) is 52.6 Å². The van der Waals surface area contributed by atoms with Crippen molar-refractivity contribution in [3.05, 3.63) is 23.8 Å². The molecule has 1 atom stereocenters. The van der Waals surface area contributed by atoms with E-state index in [4.69, 9.17) is 14.2 Å². The summed E-state index contributed by atoms with van der Waals surface area (Å²) in [6, 6.07) is 4.90.